The molecule has 7 heteroatoms. The fourth-order valence-corrected chi connectivity index (χ4v) is 3.77. The van der Waals surface area contributed by atoms with Gasteiger partial charge in [0.25, 0.3) is 0 Å². The Bertz CT molecular complexity index is 909. The Balaban J connectivity index is 1.29. The van der Waals surface area contributed by atoms with E-state index in [1.807, 2.05) is 24.5 Å². The highest BCUT2D eigenvalue weighted by molar-refractivity contribution is 6.30. The van der Waals surface area contributed by atoms with Gasteiger partial charge in [-0.2, -0.15) is 0 Å². The fraction of sp³-hybridized carbons (Fsp3) is 0.421. The second-order valence-corrected chi connectivity index (χ2v) is 7.60. The zero-order chi connectivity index (χ0) is 17.5. The number of aromatic nitrogens is 4. The van der Waals surface area contributed by atoms with E-state index in [1.165, 1.54) is 18.4 Å². The van der Waals surface area contributed by atoms with Crippen molar-refractivity contribution >= 4 is 23.1 Å². The largest absolute Gasteiger partial charge is 0.351 e. The van der Waals surface area contributed by atoms with Crippen LogP contribution in [-0.2, 0) is 6.54 Å². The van der Waals surface area contributed by atoms with Gasteiger partial charge < -0.3 is 4.90 Å². The summed E-state index contributed by atoms with van der Waals surface area (Å²) in [7, 11) is 0. The maximum atomic E-state index is 5.97. The molecule has 1 saturated heterocycles. The Morgan fingerprint density at radius 2 is 1.77 bits per heavy atom. The first-order valence-corrected chi connectivity index (χ1v) is 9.57. The Labute approximate surface area is 157 Å². The third kappa shape index (κ3) is 3.04. The van der Waals surface area contributed by atoms with Gasteiger partial charge >= 0.3 is 0 Å². The highest BCUT2D eigenvalue weighted by Crippen LogP contribution is 2.39. The standard InChI is InChI=1S/C19H21ClN6/c20-16-5-1-14(2-6-16)13-24-9-11-25(12-10-24)18-19-23-22-17(15-3-4-15)26(19)8-7-21-18/h1-2,5-8,15H,3-4,9-13H2. The topological polar surface area (TPSA) is 49.6 Å². The molecule has 0 spiro atoms. The molecule has 1 saturated carbocycles. The first kappa shape index (κ1) is 16.0. The van der Waals surface area contributed by atoms with Crippen molar-refractivity contribution in [2.45, 2.75) is 25.3 Å². The molecule has 3 aromatic rings. The van der Waals surface area contributed by atoms with Crippen LogP contribution in [0.25, 0.3) is 5.65 Å². The molecule has 3 heterocycles. The number of rotatable bonds is 4. The summed E-state index contributed by atoms with van der Waals surface area (Å²) in [6.45, 7) is 4.88. The monoisotopic (exact) mass is 368 g/mol. The lowest BCUT2D eigenvalue weighted by molar-refractivity contribution is 0.249. The first-order chi connectivity index (χ1) is 12.8. The molecule has 1 aliphatic carbocycles. The number of halogens is 1. The second kappa shape index (κ2) is 6.52. The van der Waals surface area contributed by atoms with E-state index < -0.39 is 0 Å². The van der Waals surface area contributed by atoms with Gasteiger partial charge in [0, 0.05) is 56.1 Å². The van der Waals surface area contributed by atoms with E-state index >= 15 is 0 Å². The predicted molar refractivity (Wildman–Crippen MR) is 102 cm³/mol. The SMILES string of the molecule is Clc1ccc(CN2CCN(c3nccn4c(C5CC5)nnc34)CC2)cc1. The van der Waals surface area contributed by atoms with Crippen LogP contribution in [0.4, 0.5) is 5.82 Å². The predicted octanol–water partition coefficient (Wildman–Crippen LogP) is 2.98. The van der Waals surface area contributed by atoms with Gasteiger partial charge in [-0.3, -0.25) is 9.30 Å². The van der Waals surface area contributed by atoms with Crippen LogP contribution in [0.1, 0.15) is 30.1 Å². The van der Waals surface area contributed by atoms with Crippen molar-refractivity contribution in [1.82, 2.24) is 24.5 Å². The molecule has 6 nitrogen and oxygen atoms in total. The molecular weight excluding hydrogens is 348 g/mol. The van der Waals surface area contributed by atoms with Crippen molar-refractivity contribution in [1.29, 1.82) is 0 Å². The van der Waals surface area contributed by atoms with Crippen LogP contribution in [0, 0.1) is 0 Å². The lowest BCUT2D eigenvalue weighted by atomic mass is 10.2. The van der Waals surface area contributed by atoms with Crippen molar-refractivity contribution < 1.29 is 0 Å². The maximum Gasteiger partial charge on any atom is 0.203 e. The number of benzene rings is 1. The molecule has 5 rings (SSSR count). The van der Waals surface area contributed by atoms with Gasteiger partial charge in [-0.05, 0) is 30.5 Å². The molecular formula is C19H21ClN6. The van der Waals surface area contributed by atoms with Gasteiger partial charge in [0.15, 0.2) is 5.82 Å². The molecule has 0 bridgehead atoms. The summed E-state index contributed by atoms with van der Waals surface area (Å²) >= 11 is 5.97. The molecule has 0 N–H and O–H groups in total. The average Bonchev–Trinajstić information content (AvgIpc) is 3.42. The van der Waals surface area contributed by atoms with Gasteiger partial charge in [0.05, 0.1) is 0 Å². The summed E-state index contributed by atoms with van der Waals surface area (Å²) in [4.78, 5) is 9.42. The fourth-order valence-electron chi connectivity index (χ4n) is 3.64. The number of anilines is 1. The number of hydrogen-bond donors (Lipinski definition) is 0. The van der Waals surface area contributed by atoms with Crippen LogP contribution in [0.15, 0.2) is 36.7 Å². The minimum absolute atomic E-state index is 0.580. The number of hydrogen-bond acceptors (Lipinski definition) is 5. The Morgan fingerprint density at radius 1 is 1.00 bits per heavy atom. The van der Waals surface area contributed by atoms with Crippen LogP contribution < -0.4 is 4.90 Å². The van der Waals surface area contributed by atoms with Crippen LogP contribution in [0.5, 0.6) is 0 Å². The van der Waals surface area contributed by atoms with Gasteiger partial charge in [0.2, 0.25) is 5.65 Å². The van der Waals surface area contributed by atoms with E-state index in [0.29, 0.717) is 5.92 Å². The van der Waals surface area contributed by atoms with Crippen molar-refractivity contribution in [3.8, 4) is 0 Å². The normalized spacial score (nSPS) is 18.6. The van der Waals surface area contributed by atoms with Crippen LogP contribution in [-0.4, -0.2) is 50.7 Å². The first-order valence-electron chi connectivity index (χ1n) is 9.19. The quantitative estimate of drug-likeness (QED) is 0.708. The lowest BCUT2D eigenvalue weighted by Crippen LogP contribution is -2.46. The second-order valence-electron chi connectivity index (χ2n) is 7.17. The van der Waals surface area contributed by atoms with E-state index in [2.05, 4.69) is 41.5 Å². The summed E-state index contributed by atoms with van der Waals surface area (Å²) in [6, 6.07) is 8.13. The zero-order valence-electron chi connectivity index (χ0n) is 14.6. The number of piperazine rings is 1. The molecule has 26 heavy (non-hydrogen) atoms. The number of fused-ring (bicyclic) bond motifs is 1. The smallest absolute Gasteiger partial charge is 0.203 e. The minimum atomic E-state index is 0.580. The van der Waals surface area contributed by atoms with E-state index in [0.717, 1.165) is 55.0 Å². The van der Waals surface area contributed by atoms with Crippen molar-refractivity contribution in [2.24, 2.45) is 0 Å². The molecule has 0 unspecified atom stereocenters. The van der Waals surface area contributed by atoms with E-state index in [1.54, 1.807) is 0 Å². The lowest BCUT2D eigenvalue weighted by Gasteiger charge is -2.35. The maximum absolute atomic E-state index is 5.97. The molecule has 0 amide bonds. The van der Waals surface area contributed by atoms with Gasteiger partial charge in [-0.1, -0.05) is 23.7 Å². The highest BCUT2D eigenvalue weighted by atomic mass is 35.5. The summed E-state index contributed by atoms with van der Waals surface area (Å²) in [5.41, 5.74) is 2.19. The highest BCUT2D eigenvalue weighted by Gasteiger charge is 2.30. The van der Waals surface area contributed by atoms with Crippen molar-refractivity contribution in [3.05, 3.63) is 53.1 Å². The molecule has 0 atom stereocenters. The van der Waals surface area contributed by atoms with Gasteiger partial charge in [0.1, 0.15) is 5.82 Å². The Kier molecular flexibility index (Phi) is 4.02. The number of nitrogens with zero attached hydrogens (tertiary/aromatic N) is 6. The Hall–Kier alpha value is -2.18. The molecule has 2 aromatic heterocycles. The molecule has 0 radical (unpaired) electrons. The van der Waals surface area contributed by atoms with E-state index in [4.69, 9.17) is 11.6 Å². The van der Waals surface area contributed by atoms with Gasteiger partial charge in [-0.15, -0.1) is 10.2 Å². The minimum Gasteiger partial charge on any atom is -0.351 e. The molecule has 134 valence electrons. The molecule has 2 fully saturated rings. The zero-order valence-corrected chi connectivity index (χ0v) is 15.3. The van der Waals surface area contributed by atoms with Crippen LogP contribution >= 0.6 is 11.6 Å². The summed E-state index contributed by atoms with van der Waals surface area (Å²) in [5, 5.41) is 9.64. The molecule has 1 aromatic carbocycles. The van der Waals surface area contributed by atoms with Crippen LogP contribution in [0.2, 0.25) is 5.02 Å². The van der Waals surface area contributed by atoms with Crippen molar-refractivity contribution in [3.63, 3.8) is 0 Å². The molecule has 2 aliphatic rings. The third-order valence-corrected chi connectivity index (χ3v) is 5.52. The summed E-state index contributed by atoms with van der Waals surface area (Å²) in [5.74, 6) is 2.62. The summed E-state index contributed by atoms with van der Waals surface area (Å²) in [6.07, 6.45) is 6.31. The average molecular weight is 369 g/mol. The Morgan fingerprint density at radius 3 is 2.50 bits per heavy atom. The molecule has 1 aliphatic heterocycles. The van der Waals surface area contributed by atoms with Crippen LogP contribution in [0.3, 0.4) is 0 Å². The van der Waals surface area contributed by atoms with Gasteiger partial charge in [-0.25, -0.2) is 4.98 Å². The summed E-state index contributed by atoms with van der Waals surface area (Å²) < 4.78 is 2.13. The van der Waals surface area contributed by atoms with E-state index in [9.17, 15) is 0 Å². The third-order valence-electron chi connectivity index (χ3n) is 5.27. The van der Waals surface area contributed by atoms with E-state index in [-0.39, 0.29) is 0 Å². The van der Waals surface area contributed by atoms with Crippen molar-refractivity contribution in [2.75, 3.05) is 31.1 Å².